The van der Waals surface area contributed by atoms with Crippen LogP contribution in [-0.4, -0.2) is 58.9 Å². The summed E-state index contributed by atoms with van der Waals surface area (Å²) in [4.78, 5) is 4.45. The van der Waals surface area contributed by atoms with Crippen LogP contribution in [0.2, 0.25) is 0 Å². The van der Waals surface area contributed by atoms with E-state index in [4.69, 9.17) is 14.2 Å². The molecule has 2 rings (SSSR count). The quantitative estimate of drug-likeness (QED) is 0.225. The van der Waals surface area contributed by atoms with Crippen molar-refractivity contribution in [2.45, 2.75) is 26.3 Å². The van der Waals surface area contributed by atoms with E-state index >= 15 is 0 Å². The van der Waals surface area contributed by atoms with Crippen LogP contribution in [0, 0.1) is 0 Å². The monoisotopic (exact) mass is 513 g/mol. The van der Waals surface area contributed by atoms with Gasteiger partial charge in [-0.1, -0.05) is 0 Å². The van der Waals surface area contributed by atoms with Gasteiger partial charge in [0.15, 0.2) is 17.5 Å². The molecule has 27 heavy (non-hydrogen) atoms. The summed E-state index contributed by atoms with van der Waals surface area (Å²) in [5.74, 6) is 2.89. The molecule has 1 atom stereocenters. The van der Waals surface area contributed by atoms with Gasteiger partial charge in [0.25, 0.3) is 0 Å². The highest BCUT2D eigenvalue weighted by Crippen LogP contribution is 2.34. The Morgan fingerprint density at radius 2 is 2.07 bits per heavy atom. The molecule has 0 fully saturated rings. The molecular weight excluding hydrogens is 485 g/mol. The third-order valence-corrected chi connectivity index (χ3v) is 4.60. The Bertz CT molecular complexity index is 727. The van der Waals surface area contributed by atoms with E-state index in [0.29, 0.717) is 43.6 Å². The Morgan fingerprint density at radius 1 is 1.33 bits per heavy atom. The van der Waals surface area contributed by atoms with Crippen molar-refractivity contribution in [2.24, 2.45) is 4.99 Å². The number of hydrogen-bond acceptors (Lipinski definition) is 6. The SMILES string of the molecule is CCNC(=NCCOc1ccc2c(c1)OCO2)NC(C)CCS(C)(=O)=O.I. The lowest BCUT2D eigenvalue weighted by atomic mass is 10.3. The molecule has 8 nitrogen and oxygen atoms in total. The average Bonchev–Trinajstić information content (AvgIpc) is 3.04. The van der Waals surface area contributed by atoms with Crippen LogP contribution in [0.3, 0.4) is 0 Å². The Hall–Kier alpha value is -1.43. The van der Waals surface area contributed by atoms with E-state index in [1.54, 1.807) is 6.07 Å². The van der Waals surface area contributed by atoms with Gasteiger partial charge in [-0.2, -0.15) is 0 Å². The lowest BCUT2D eigenvalue weighted by Gasteiger charge is -2.17. The van der Waals surface area contributed by atoms with E-state index in [1.165, 1.54) is 6.26 Å². The van der Waals surface area contributed by atoms with Gasteiger partial charge in [-0.15, -0.1) is 24.0 Å². The number of benzene rings is 1. The van der Waals surface area contributed by atoms with Crippen molar-refractivity contribution in [2.75, 3.05) is 38.5 Å². The maximum absolute atomic E-state index is 11.3. The molecule has 1 aromatic rings. The second-order valence-electron chi connectivity index (χ2n) is 6.09. The molecule has 0 saturated heterocycles. The van der Waals surface area contributed by atoms with E-state index in [0.717, 1.165) is 5.75 Å². The minimum absolute atomic E-state index is 0. The van der Waals surface area contributed by atoms with Gasteiger partial charge in [0, 0.05) is 24.9 Å². The van der Waals surface area contributed by atoms with E-state index < -0.39 is 9.84 Å². The normalized spacial score (nSPS) is 14.3. The lowest BCUT2D eigenvalue weighted by molar-refractivity contribution is 0.173. The van der Waals surface area contributed by atoms with Crippen molar-refractivity contribution in [1.82, 2.24) is 10.6 Å². The predicted octanol–water partition coefficient (Wildman–Crippen LogP) is 1.79. The summed E-state index contributed by atoms with van der Waals surface area (Å²) in [6.45, 7) is 5.73. The first kappa shape index (κ1) is 23.6. The van der Waals surface area contributed by atoms with Crippen molar-refractivity contribution in [3.05, 3.63) is 18.2 Å². The number of aliphatic imine (C=N–C) groups is 1. The Labute approximate surface area is 178 Å². The molecular formula is C17H28IN3O5S. The molecule has 1 aromatic carbocycles. The third kappa shape index (κ3) is 8.87. The molecule has 0 saturated carbocycles. The third-order valence-electron chi connectivity index (χ3n) is 3.62. The van der Waals surface area contributed by atoms with Crippen molar-refractivity contribution in [3.8, 4) is 17.2 Å². The van der Waals surface area contributed by atoms with Crippen LogP contribution in [0.25, 0.3) is 0 Å². The number of nitrogens with zero attached hydrogens (tertiary/aromatic N) is 1. The maximum atomic E-state index is 11.3. The van der Waals surface area contributed by atoms with Gasteiger partial charge < -0.3 is 24.8 Å². The smallest absolute Gasteiger partial charge is 0.231 e. The van der Waals surface area contributed by atoms with Crippen molar-refractivity contribution >= 4 is 39.8 Å². The Kier molecular flexibility index (Phi) is 9.99. The largest absolute Gasteiger partial charge is 0.492 e. The molecule has 1 unspecified atom stereocenters. The number of nitrogens with one attached hydrogen (secondary N) is 2. The van der Waals surface area contributed by atoms with E-state index in [-0.39, 0.29) is 42.6 Å². The van der Waals surface area contributed by atoms with E-state index in [2.05, 4.69) is 15.6 Å². The molecule has 0 aromatic heterocycles. The highest BCUT2D eigenvalue weighted by molar-refractivity contribution is 14.0. The molecule has 1 aliphatic heterocycles. The molecule has 0 aliphatic carbocycles. The molecule has 154 valence electrons. The van der Waals surface area contributed by atoms with Crippen LogP contribution in [-0.2, 0) is 9.84 Å². The van der Waals surface area contributed by atoms with Gasteiger partial charge in [-0.3, -0.25) is 0 Å². The first-order valence-corrected chi connectivity index (χ1v) is 10.7. The number of sulfone groups is 1. The van der Waals surface area contributed by atoms with Crippen LogP contribution in [0.4, 0.5) is 0 Å². The summed E-state index contributed by atoms with van der Waals surface area (Å²) in [6.07, 6.45) is 1.77. The van der Waals surface area contributed by atoms with Crippen molar-refractivity contribution in [1.29, 1.82) is 0 Å². The second kappa shape index (κ2) is 11.4. The summed E-state index contributed by atoms with van der Waals surface area (Å²) >= 11 is 0. The molecule has 1 heterocycles. The van der Waals surface area contributed by atoms with Gasteiger partial charge in [-0.25, -0.2) is 13.4 Å². The minimum Gasteiger partial charge on any atom is -0.492 e. The van der Waals surface area contributed by atoms with Gasteiger partial charge >= 0.3 is 0 Å². The predicted molar refractivity (Wildman–Crippen MR) is 116 cm³/mol. The minimum atomic E-state index is -2.96. The summed E-state index contributed by atoms with van der Waals surface area (Å²) in [5, 5.41) is 6.35. The van der Waals surface area contributed by atoms with Gasteiger partial charge in [-0.05, 0) is 32.4 Å². The summed E-state index contributed by atoms with van der Waals surface area (Å²) in [6, 6.07) is 5.43. The number of guanidine groups is 1. The van der Waals surface area contributed by atoms with Crippen LogP contribution in [0.5, 0.6) is 17.2 Å². The zero-order chi connectivity index (χ0) is 19.0. The highest BCUT2D eigenvalue weighted by atomic mass is 127. The van der Waals surface area contributed by atoms with Crippen LogP contribution in [0.15, 0.2) is 23.2 Å². The Morgan fingerprint density at radius 3 is 2.78 bits per heavy atom. The fraction of sp³-hybridized carbons (Fsp3) is 0.588. The van der Waals surface area contributed by atoms with Crippen LogP contribution >= 0.6 is 24.0 Å². The summed E-state index contributed by atoms with van der Waals surface area (Å²) < 4.78 is 38.8. The molecule has 0 amide bonds. The fourth-order valence-corrected chi connectivity index (χ4v) is 3.09. The zero-order valence-corrected chi connectivity index (χ0v) is 19.0. The van der Waals surface area contributed by atoms with Gasteiger partial charge in [0.1, 0.15) is 22.2 Å². The number of rotatable bonds is 9. The van der Waals surface area contributed by atoms with Crippen LogP contribution < -0.4 is 24.8 Å². The topological polar surface area (TPSA) is 98.2 Å². The summed E-state index contributed by atoms with van der Waals surface area (Å²) in [7, 11) is -2.96. The molecule has 1 aliphatic rings. The maximum Gasteiger partial charge on any atom is 0.231 e. The molecule has 2 N–H and O–H groups in total. The number of halogens is 1. The average molecular weight is 513 g/mol. The molecule has 10 heteroatoms. The van der Waals surface area contributed by atoms with E-state index in [1.807, 2.05) is 26.0 Å². The van der Waals surface area contributed by atoms with Crippen molar-refractivity contribution < 1.29 is 22.6 Å². The number of hydrogen-bond donors (Lipinski definition) is 2. The standard InChI is InChI=1S/C17H27N3O5S.HI/c1-4-18-17(20-13(2)7-10-26(3,21)22)19-8-9-23-14-5-6-15-16(11-14)25-12-24-15;/h5-6,11,13H,4,7-10,12H2,1-3H3,(H2,18,19,20);1H. The van der Waals surface area contributed by atoms with E-state index in [9.17, 15) is 8.42 Å². The number of fused-ring (bicyclic) bond motifs is 1. The zero-order valence-electron chi connectivity index (χ0n) is 15.9. The molecule has 0 bridgehead atoms. The first-order valence-electron chi connectivity index (χ1n) is 8.62. The summed E-state index contributed by atoms with van der Waals surface area (Å²) in [5.41, 5.74) is 0. The van der Waals surface area contributed by atoms with Crippen LogP contribution in [0.1, 0.15) is 20.3 Å². The lowest BCUT2D eigenvalue weighted by Crippen LogP contribution is -2.43. The Balaban J connectivity index is 0.00000364. The molecule has 0 radical (unpaired) electrons. The first-order chi connectivity index (χ1) is 12.4. The molecule has 0 spiro atoms. The van der Waals surface area contributed by atoms with Gasteiger partial charge in [0.2, 0.25) is 6.79 Å². The highest BCUT2D eigenvalue weighted by Gasteiger charge is 2.13. The second-order valence-corrected chi connectivity index (χ2v) is 8.35. The van der Waals surface area contributed by atoms with Gasteiger partial charge in [0.05, 0.1) is 12.3 Å². The van der Waals surface area contributed by atoms with Crippen molar-refractivity contribution in [3.63, 3.8) is 0 Å². The fourth-order valence-electron chi connectivity index (χ4n) is 2.30. The number of ether oxygens (including phenoxy) is 3.